The molecule has 0 N–H and O–H groups in total. The first-order valence-electron chi connectivity index (χ1n) is 4.04. The molecule has 0 aromatic carbocycles. The van der Waals surface area contributed by atoms with E-state index in [2.05, 4.69) is 6.58 Å². The van der Waals surface area contributed by atoms with E-state index in [4.69, 9.17) is 0 Å². The van der Waals surface area contributed by atoms with Crippen molar-refractivity contribution in [2.75, 3.05) is 20.6 Å². The topological polar surface area (TPSA) is 23.6 Å². The van der Waals surface area contributed by atoms with Gasteiger partial charge in [-0.1, -0.05) is 6.58 Å². The van der Waals surface area contributed by atoms with E-state index in [1.54, 1.807) is 11.9 Å². The maximum absolute atomic E-state index is 11.6. The Labute approximate surface area is 73.6 Å². The number of rotatable bonds is 0. The van der Waals surface area contributed by atoms with Crippen LogP contribution in [0.2, 0.25) is 0 Å². The second kappa shape index (κ2) is 2.51. The third kappa shape index (κ3) is 1.19. The molecule has 0 radical (unpaired) electrons. The van der Waals surface area contributed by atoms with E-state index in [1.807, 2.05) is 25.8 Å². The molecule has 0 spiro atoms. The average Bonchev–Trinajstić information content (AvgIpc) is 1.97. The highest BCUT2D eigenvalue weighted by atomic mass is 16.2. The van der Waals surface area contributed by atoms with Crippen molar-refractivity contribution in [1.82, 2.24) is 9.80 Å². The van der Waals surface area contributed by atoms with Crippen molar-refractivity contribution in [3.05, 3.63) is 12.4 Å². The van der Waals surface area contributed by atoms with Crippen LogP contribution in [0, 0.1) is 5.41 Å². The van der Waals surface area contributed by atoms with Crippen LogP contribution in [-0.2, 0) is 4.79 Å². The van der Waals surface area contributed by atoms with Crippen molar-refractivity contribution in [3.63, 3.8) is 0 Å². The van der Waals surface area contributed by atoms with E-state index in [0.29, 0.717) is 0 Å². The van der Waals surface area contributed by atoms with Crippen LogP contribution in [0.1, 0.15) is 13.8 Å². The van der Waals surface area contributed by atoms with Crippen molar-refractivity contribution >= 4 is 5.91 Å². The summed E-state index contributed by atoms with van der Waals surface area (Å²) in [6.07, 6.45) is 0. The maximum Gasteiger partial charge on any atom is 0.235 e. The summed E-state index contributed by atoms with van der Waals surface area (Å²) >= 11 is 0. The molecule has 0 unspecified atom stereocenters. The first-order valence-corrected chi connectivity index (χ1v) is 4.04. The Balaban J connectivity index is 2.93. The van der Waals surface area contributed by atoms with Crippen molar-refractivity contribution in [1.29, 1.82) is 0 Å². The van der Waals surface area contributed by atoms with Gasteiger partial charge in [0.05, 0.1) is 5.41 Å². The van der Waals surface area contributed by atoms with Gasteiger partial charge in [0.1, 0.15) is 5.82 Å². The van der Waals surface area contributed by atoms with Gasteiger partial charge in [-0.15, -0.1) is 0 Å². The van der Waals surface area contributed by atoms with Gasteiger partial charge in [0.2, 0.25) is 5.91 Å². The minimum Gasteiger partial charge on any atom is -0.360 e. The third-order valence-electron chi connectivity index (χ3n) is 2.34. The molecule has 1 aliphatic heterocycles. The van der Waals surface area contributed by atoms with E-state index >= 15 is 0 Å². The molecule has 3 heteroatoms. The van der Waals surface area contributed by atoms with E-state index in [9.17, 15) is 4.79 Å². The van der Waals surface area contributed by atoms with Crippen LogP contribution in [0.25, 0.3) is 0 Å². The zero-order chi connectivity index (χ0) is 9.52. The molecule has 3 nitrogen and oxygen atoms in total. The molecule has 0 atom stereocenters. The van der Waals surface area contributed by atoms with Gasteiger partial charge in [-0.25, -0.2) is 0 Å². The van der Waals surface area contributed by atoms with Gasteiger partial charge in [-0.05, 0) is 13.8 Å². The zero-order valence-electron chi connectivity index (χ0n) is 8.22. The first-order chi connectivity index (χ1) is 5.36. The fourth-order valence-electron chi connectivity index (χ4n) is 1.58. The van der Waals surface area contributed by atoms with Crippen molar-refractivity contribution in [3.8, 4) is 0 Å². The standard InChI is InChI=1S/C9H16N2O/c1-7-10(4)6-9(2,3)8(12)11(7)5/h1,6H2,2-5H3. The predicted octanol–water partition coefficient (Wildman–Crippen LogP) is 0.888. The van der Waals surface area contributed by atoms with Crippen LogP contribution in [0.3, 0.4) is 0 Å². The average molecular weight is 168 g/mol. The molecule has 12 heavy (non-hydrogen) atoms. The van der Waals surface area contributed by atoms with Gasteiger partial charge in [0.25, 0.3) is 0 Å². The molecule has 1 aliphatic rings. The third-order valence-corrected chi connectivity index (χ3v) is 2.34. The van der Waals surface area contributed by atoms with E-state index in [-0.39, 0.29) is 11.3 Å². The fraction of sp³-hybridized carbons (Fsp3) is 0.667. The Morgan fingerprint density at radius 2 is 1.92 bits per heavy atom. The first kappa shape index (κ1) is 9.10. The summed E-state index contributed by atoms with van der Waals surface area (Å²) < 4.78 is 0. The van der Waals surface area contributed by atoms with Crippen LogP contribution in [0.15, 0.2) is 12.4 Å². The smallest absolute Gasteiger partial charge is 0.235 e. The minimum absolute atomic E-state index is 0.144. The predicted molar refractivity (Wildman–Crippen MR) is 48.3 cm³/mol. The molecule has 0 saturated carbocycles. The van der Waals surface area contributed by atoms with E-state index in [0.717, 1.165) is 12.4 Å². The molecule has 1 amide bonds. The number of nitrogens with zero attached hydrogens (tertiary/aromatic N) is 2. The van der Waals surface area contributed by atoms with Gasteiger partial charge < -0.3 is 9.80 Å². The number of carbonyl (C=O) groups is 1. The largest absolute Gasteiger partial charge is 0.360 e. The lowest BCUT2D eigenvalue weighted by molar-refractivity contribution is -0.142. The van der Waals surface area contributed by atoms with Crippen LogP contribution in [-0.4, -0.2) is 36.3 Å². The summed E-state index contributed by atoms with van der Waals surface area (Å²) in [7, 11) is 3.72. The van der Waals surface area contributed by atoms with Gasteiger partial charge in [0, 0.05) is 20.6 Å². The van der Waals surface area contributed by atoms with Gasteiger partial charge in [-0.2, -0.15) is 0 Å². The molecule has 1 rings (SSSR count). The van der Waals surface area contributed by atoms with E-state index in [1.165, 1.54) is 0 Å². The summed E-state index contributed by atoms with van der Waals surface area (Å²) in [4.78, 5) is 15.3. The molecule has 0 aromatic rings. The molecule has 1 heterocycles. The Hall–Kier alpha value is -0.990. The minimum atomic E-state index is -0.287. The highest BCUT2D eigenvalue weighted by molar-refractivity contribution is 5.84. The highest BCUT2D eigenvalue weighted by Gasteiger charge is 2.38. The molecule has 0 aromatic heterocycles. The van der Waals surface area contributed by atoms with E-state index < -0.39 is 0 Å². The highest BCUT2D eigenvalue weighted by Crippen LogP contribution is 2.27. The Bertz CT molecular complexity index is 233. The quantitative estimate of drug-likeness (QED) is 0.536. The normalized spacial score (nSPS) is 23.3. The lowest BCUT2D eigenvalue weighted by atomic mass is 9.89. The number of carbonyl (C=O) groups excluding carboxylic acids is 1. The van der Waals surface area contributed by atoms with Crippen molar-refractivity contribution < 1.29 is 4.79 Å². The van der Waals surface area contributed by atoms with Gasteiger partial charge in [-0.3, -0.25) is 4.79 Å². The summed E-state index contributed by atoms with van der Waals surface area (Å²) in [6.45, 7) is 8.47. The van der Waals surface area contributed by atoms with Crippen LogP contribution in [0.4, 0.5) is 0 Å². The molecule has 1 saturated heterocycles. The summed E-state index contributed by atoms with van der Waals surface area (Å²) in [5.41, 5.74) is -0.287. The van der Waals surface area contributed by atoms with Crippen molar-refractivity contribution in [2.24, 2.45) is 5.41 Å². The van der Waals surface area contributed by atoms with Crippen LogP contribution >= 0.6 is 0 Å². The number of hydrogen-bond donors (Lipinski definition) is 0. The lowest BCUT2D eigenvalue weighted by Crippen LogP contribution is -2.52. The van der Waals surface area contributed by atoms with Gasteiger partial charge in [0.15, 0.2) is 0 Å². The zero-order valence-corrected chi connectivity index (χ0v) is 8.22. The summed E-state index contributed by atoms with van der Waals surface area (Å²) in [5.74, 6) is 0.921. The molecule has 0 aliphatic carbocycles. The Morgan fingerprint density at radius 1 is 1.42 bits per heavy atom. The molecular formula is C9H16N2O. The maximum atomic E-state index is 11.6. The lowest BCUT2D eigenvalue weighted by Gasteiger charge is -2.42. The molecular weight excluding hydrogens is 152 g/mol. The van der Waals surface area contributed by atoms with Crippen LogP contribution < -0.4 is 0 Å². The second-order valence-electron chi connectivity index (χ2n) is 4.02. The fourth-order valence-corrected chi connectivity index (χ4v) is 1.58. The number of amides is 1. The van der Waals surface area contributed by atoms with Gasteiger partial charge >= 0.3 is 0 Å². The molecule has 0 bridgehead atoms. The van der Waals surface area contributed by atoms with Crippen LogP contribution in [0.5, 0.6) is 0 Å². The molecule has 1 fully saturated rings. The SMILES string of the molecule is C=C1N(C)CC(C)(C)C(=O)N1C. The summed E-state index contributed by atoms with van der Waals surface area (Å²) in [6, 6.07) is 0. The number of hydrogen-bond acceptors (Lipinski definition) is 2. The van der Waals surface area contributed by atoms with Crippen molar-refractivity contribution in [2.45, 2.75) is 13.8 Å². The Kier molecular flexibility index (Phi) is 1.90. The Morgan fingerprint density at radius 3 is 2.42 bits per heavy atom. The summed E-state index contributed by atoms with van der Waals surface area (Å²) in [5, 5.41) is 0. The second-order valence-corrected chi connectivity index (χ2v) is 4.02. The molecule has 68 valence electrons. The monoisotopic (exact) mass is 168 g/mol.